The van der Waals surface area contributed by atoms with E-state index in [1.807, 2.05) is 18.5 Å². The average molecular weight is 359 g/mol. The van der Waals surface area contributed by atoms with Gasteiger partial charge in [-0.15, -0.1) is 0 Å². The van der Waals surface area contributed by atoms with Crippen LogP contribution < -0.4 is 4.90 Å². The Morgan fingerprint density at radius 3 is 2.54 bits per heavy atom. The third kappa shape index (κ3) is 1.79. The van der Waals surface area contributed by atoms with Gasteiger partial charge in [0, 0.05) is 30.8 Å². The highest BCUT2D eigenvalue weighted by atomic mass is 15.2. The fourth-order valence-corrected chi connectivity index (χ4v) is 5.15. The number of anilines is 3. The van der Waals surface area contributed by atoms with Crippen LogP contribution in [0.4, 0.5) is 17.2 Å². The van der Waals surface area contributed by atoms with Crippen molar-refractivity contribution in [3.63, 3.8) is 0 Å². The standard InChI is InChI=1S/C25H17N3/c1-2-6-20-15(4-1)10-18-14-23-19(12-21(18)20)11-16-7-9-26-22-13-17-5-3-8-27-25(17)28(23)24(16)22/h1-9,12,14H,10-11,13H2. The van der Waals surface area contributed by atoms with Crippen molar-refractivity contribution in [3.8, 4) is 11.1 Å². The molecule has 0 saturated carbocycles. The van der Waals surface area contributed by atoms with Gasteiger partial charge >= 0.3 is 0 Å². The second-order valence-corrected chi connectivity index (χ2v) is 7.91. The number of hydrogen-bond donors (Lipinski definition) is 0. The Morgan fingerprint density at radius 2 is 1.54 bits per heavy atom. The number of hydrogen-bond acceptors (Lipinski definition) is 3. The Hall–Kier alpha value is -3.46. The SMILES string of the molecule is c1ccc2c(c1)Cc1cc3c(cc1-2)Cc1ccnc2c1N3c1ncccc1C2. The molecular weight excluding hydrogens is 342 g/mol. The van der Waals surface area contributed by atoms with Crippen molar-refractivity contribution in [2.24, 2.45) is 0 Å². The third-order valence-electron chi connectivity index (χ3n) is 6.36. The van der Waals surface area contributed by atoms with E-state index < -0.39 is 0 Å². The van der Waals surface area contributed by atoms with E-state index in [1.165, 1.54) is 50.3 Å². The van der Waals surface area contributed by atoms with Gasteiger partial charge in [0.2, 0.25) is 0 Å². The van der Waals surface area contributed by atoms with Crippen LogP contribution in [0.3, 0.4) is 0 Å². The lowest BCUT2D eigenvalue weighted by Crippen LogP contribution is -2.26. The van der Waals surface area contributed by atoms with Gasteiger partial charge in [0.25, 0.3) is 0 Å². The quantitative estimate of drug-likeness (QED) is 0.367. The minimum atomic E-state index is 0.856. The fraction of sp³-hybridized carbons (Fsp3) is 0.120. The predicted molar refractivity (Wildman–Crippen MR) is 111 cm³/mol. The van der Waals surface area contributed by atoms with Crippen LogP contribution >= 0.6 is 0 Å². The number of benzene rings is 2. The van der Waals surface area contributed by atoms with Gasteiger partial charge in [-0.05, 0) is 64.1 Å². The first-order valence-electron chi connectivity index (χ1n) is 9.82. The number of rotatable bonds is 0. The molecule has 0 amide bonds. The zero-order chi connectivity index (χ0) is 18.2. The maximum Gasteiger partial charge on any atom is 0.141 e. The average Bonchev–Trinajstić information content (AvgIpc) is 3.09. The molecule has 0 spiro atoms. The van der Waals surface area contributed by atoms with Crippen LogP contribution in [0.25, 0.3) is 11.1 Å². The number of aromatic nitrogens is 2. The molecule has 0 unspecified atom stereocenters. The molecule has 0 radical (unpaired) electrons. The van der Waals surface area contributed by atoms with E-state index in [-0.39, 0.29) is 0 Å². The lowest BCUT2D eigenvalue weighted by molar-refractivity contribution is 0.938. The molecule has 3 heteroatoms. The molecule has 0 fully saturated rings. The van der Waals surface area contributed by atoms with Crippen LogP contribution in [0.15, 0.2) is 67.0 Å². The van der Waals surface area contributed by atoms with Crippen molar-refractivity contribution in [3.05, 3.63) is 101 Å². The van der Waals surface area contributed by atoms with Gasteiger partial charge in [0.1, 0.15) is 5.82 Å². The zero-order valence-corrected chi connectivity index (χ0v) is 15.3. The number of nitrogens with zero attached hydrogens (tertiary/aromatic N) is 3. The Labute approximate surface area is 163 Å². The molecule has 3 nitrogen and oxygen atoms in total. The monoisotopic (exact) mass is 359 g/mol. The molecule has 4 heterocycles. The number of pyridine rings is 2. The molecular formula is C25H17N3. The highest BCUT2D eigenvalue weighted by Gasteiger charge is 2.34. The van der Waals surface area contributed by atoms with Gasteiger partial charge in [-0.1, -0.05) is 30.3 Å². The van der Waals surface area contributed by atoms with Crippen molar-refractivity contribution in [2.45, 2.75) is 19.3 Å². The summed E-state index contributed by atoms with van der Waals surface area (Å²) in [5.74, 6) is 1.06. The van der Waals surface area contributed by atoms with Crippen molar-refractivity contribution >= 4 is 17.2 Å². The molecule has 0 atom stereocenters. The normalized spacial score (nSPS) is 14.6. The first-order chi connectivity index (χ1) is 13.9. The summed E-state index contributed by atoms with van der Waals surface area (Å²) in [4.78, 5) is 11.9. The fourth-order valence-electron chi connectivity index (χ4n) is 5.15. The molecule has 1 aliphatic carbocycles. The topological polar surface area (TPSA) is 29.0 Å². The van der Waals surface area contributed by atoms with Crippen LogP contribution in [-0.2, 0) is 19.3 Å². The van der Waals surface area contributed by atoms with Crippen LogP contribution in [0, 0.1) is 0 Å². The maximum atomic E-state index is 4.78. The molecule has 0 bridgehead atoms. The predicted octanol–water partition coefficient (Wildman–Crippen LogP) is 5.33. The first kappa shape index (κ1) is 14.6. The van der Waals surface area contributed by atoms with Gasteiger partial charge in [0.15, 0.2) is 0 Å². The molecule has 0 N–H and O–H groups in total. The second kappa shape index (κ2) is 5.08. The summed E-state index contributed by atoms with van der Waals surface area (Å²) in [7, 11) is 0. The third-order valence-corrected chi connectivity index (χ3v) is 6.36. The lowest BCUT2D eigenvalue weighted by atomic mass is 9.88. The molecule has 3 aliphatic rings. The maximum absolute atomic E-state index is 4.78. The lowest BCUT2D eigenvalue weighted by Gasteiger charge is -2.38. The molecule has 2 aromatic heterocycles. The van der Waals surface area contributed by atoms with Crippen LogP contribution in [0.1, 0.15) is 33.5 Å². The van der Waals surface area contributed by atoms with Crippen molar-refractivity contribution in [2.75, 3.05) is 4.90 Å². The summed E-state index contributed by atoms with van der Waals surface area (Å²) in [5, 5.41) is 0. The Balaban J connectivity index is 1.51. The second-order valence-electron chi connectivity index (χ2n) is 7.91. The summed E-state index contributed by atoms with van der Waals surface area (Å²) in [6, 6.07) is 20.0. The van der Waals surface area contributed by atoms with Gasteiger partial charge < -0.3 is 0 Å². The van der Waals surface area contributed by atoms with Gasteiger partial charge in [0.05, 0.1) is 17.1 Å². The number of fused-ring (bicyclic) bond motifs is 7. The van der Waals surface area contributed by atoms with Crippen LogP contribution in [-0.4, -0.2) is 9.97 Å². The molecule has 7 rings (SSSR count). The molecule has 0 saturated heterocycles. The van der Waals surface area contributed by atoms with E-state index >= 15 is 0 Å². The minimum absolute atomic E-state index is 0.856. The van der Waals surface area contributed by atoms with Crippen LogP contribution in [0.2, 0.25) is 0 Å². The van der Waals surface area contributed by atoms with E-state index in [0.29, 0.717) is 0 Å². The van der Waals surface area contributed by atoms with Gasteiger partial charge in [-0.3, -0.25) is 9.88 Å². The summed E-state index contributed by atoms with van der Waals surface area (Å²) in [5.41, 5.74) is 13.3. The van der Waals surface area contributed by atoms with E-state index in [9.17, 15) is 0 Å². The Bertz CT molecular complexity index is 1310. The van der Waals surface area contributed by atoms with Crippen molar-refractivity contribution in [1.82, 2.24) is 9.97 Å². The molecule has 132 valence electrons. The van der Waals surface area contributed by atoms with E-state index in [4.69, 9.17) is 9.97 Å². The highest BCUT2D eigenvalue weighted by molar-refractivity contribution is 5.90. The summed E-state index contributed by atoms with van der Waals surface area (Å²) in [6.07, 6.45) is 6.68. The summed E-state index contributed by atoms with van der Waals surface area (Å²) >= 11 is 0. The highest BCUT2D eigenvalue weighted by Crippen LogP contribution is 2.51. The summed E-state index contributed by atoms with van der Waals surface area (Å²) in [6.45, 7) is 0. The minimum Gasteiger partial charge on any atom is -0.292 e. The molecule has 2 aliphatic heterocycles. The van der Waals surface area contributed by atoms with E-state index in [2.05, 4.69) is 53.4 Å². The molecule has 28 heavy (non-hydrogen) atoms. The van der Waals surface area contributed by atoms with Crippen LogP contribution in [0.5, 0.6) is 0 Å². The van der Waals surface area contributed by atoms with E-state index in [1.54, 1.807) is 0 Å². The van der Waals surface area contributed by atoms with Gasteiger partial charge in [-0.2, -0.15) is 0 Å². The van der Waals surface area contributed by atoms with Crippen molar-refractivity contribution in [1.29, 1.82) is 0 Å². The molecule has 2 aromatic carbocycles. The van der Waals surface area contributed by atoms with Crippen molar-refractivity contribution < 1.29 is 0 Å². The zero-order valence-electron chi connectivity index (χ0n) is 15.3. The molecule has 4 aromatic rings. The smallest absolute Gasteiger partial charge is 0.141 e. The Kier molecular flexibility index (Phi) is 2.64. The Morgan fingerprint density at radius 1 is 0.643 bits per heavy atom. The largest absolute Gasteiger partial charge is 0.292 e. The van der Waals surface area contributed by atoms with E-state index in [0.717, 1.165) is 30.8 Å². The first-order valence-corrected chi connectivity index (χ1v) is 9.82. The summed E-state index contributed by atoms with van der Waals surface area (Å²) < 4.78 is 0. The van der Waals surface area contributed by atoms with Gasteiger partial charge in [-0.25, -0.2) is 4.98 Å².